The number of halogens is 2. The van der Waals surface area contributed by atoms with Gasteiger partial charge in [-0.3, -0.25) is 4.90 Å². The molecule has 0 bridgehead atoms. The number of hydrogen-bond donors (Lipinski definition) is 1. The highest BCUT2D eigenvalue weighted by molar-refractivity contribution is 9.10. The van der Waals surface area contributed by atoms with E-state index in [0.717, 1.165) is 42.2 Å². The minimum absolute atomic E-state index is 0. The van der Waals surface area contributed by atoms with Crippen LogP contribution in [0.2, 0.25) is 0 Å². The molecule has 112 valence electrons. The third-order valence-electron chi connectivity index (χ3n) is 3.52. The number of nitrogens with zero attached hydrogens (tertiary/aromatic N) is 1. The Hall–Kier alpha value is -0.490. The third-order valence-corrected chi connectivity index (χ3v) is 4.10. The minimum atomic E-state index is 0. The van der Waals surface area contributed by atoms with E-state index < -0.39 is 0 Å². The van der Waals surface area contributed by atoms with Crippen molar-refractivity contribution < 1.29 is 9.47 Å². The first-order chi connectivity index (χ1) is 9.22. The van der Waals surface area contributed by atoms with Gasteiger partial charge in [-0.25, -0.2) is 0 Å². The second-order valence-corrected chi connectivity index (χ2v) is 6.05. The summed E-state index contributed by atoms with van der Waals surface area (Å²) >= 11 is 3.57. The summed E-state index contributed by atoms with van der Waals surface area (Å²) in [5.74, 6) is 1.70. The zero-order valence-corrected chi connectivity index (χ0v) is 13.9. The molecule has 0 radical (unpaired) electrons. The van der Waals surface area contributed by atoms with E-state index in [1.54, 1.807) is 0 Å². The topological polar surface area (TPSA) is 33.7 Å². The fourth-order valence-corrected chi connectivity index (χ4v) is 3.27. The number of ether oxygens (including phenoxy) is 2. The van der Waals surface area contributed by atoms with Gasteiger partial charge in [0.2, 0.25) is 0 Å². The zero-order valence-electron chi connectivity index (χ0n) is 11.5. The van der Waals surface area contributed by atoms with Gasteiger partial charge in [-0.2, -0.15) is 0 Å². The third kappa shape index (κ3) is 3.58. The van der Waals surface area contributed by atoms with Crippen LogP contribution in [0, 0.1) is 0 Å². The first-order valence-electron chi connectivity index (χ1n) is 6.76. The largest absolute Gasteiger partial charge is 0.486 e. The second-order valence-electron chi connectivity index (χ2n) is 5.19. The van der Waals surface area contributed by atoms with E-state index in [0.29, 0.717) is 19.3 Å². The predicted octanol–water partition coefficient (Wildman–Crippen LogP) is 2.44. The highest BCUT2D eigenvalue weighted by Gasteiger charge is 2.19. The Morgan fingerprint density at radius 2 is 2.15 bits per heavy atom. The Balaban J connectivity index is 0.00000147. The number of benzene rings is 1. The summed E-state index contributed by atoms with van der Waals surface area (Å²) in [7, 11) is 0. The van der Waals surface area contributed by atoms with Crippen molar-refractivity contribution in [3.05, 3.63) is 22.2 Å². The molecule has 0 aliphatic carbocycles. The van der Waals surface area contributed by atoms with Crippen LogP contribution in [0.5, 0.6) is 11.5 Å². The maximum absolute atomic E-state index is 5.67. The molecule has 0 aromatic heterocycles. The molecule has 0 amide bonds. The summed E-state index contributed by atoms with van der Waals surface area (Å²) in [6.45, 7) is 7.69. The fourth-order valence-electron chi connectivity index (χ4n) is 2.67. The molecular weight excluding hydrogens is 344 g/mol. The van der Waals surface area contributed by atoms with Gasteiger partial charge in [0.15, 0.2) is 11.5 Å². The molecule has 6 heteroatoms. The van der Waals surface area contributed by atoms with E-state index in [1.165, 1.54) is 5.56 Å². The fraction of sp³-hybridized carbons (Fsp3) is 0.571. The molecule has 3 rings (SSSR count). The van der Waals surface area contributed by atoms with Crippen LogP contribution >= 0.6 is 28.3 Å². The van der Waals surface area contributed by atoms with Crippen molar-refractivity contribution >= 4 is 28.3 Å². The normalized spacial score (nSPS) is 22.2. The smallest absolute Gasteiger partial charge is 0.175 e. The molecule has 1 unspecified atom stereocenters. The number of fused-ring (bicyclic) bond motifs is 1. The molecule has 1 N–H and O–H groups in total. The summed E-state index contributed by atoms with van der Waals surface area (Å²) in [6.07, 6.45) is 0. The SMILES string of the molecule is CC1CN(Cc2cc(Br)c3c(c2)OCCO3)CCN1.Cl. The van der Waals surface area contributed by atoms with Crippen molar-refractivity contribution in [2.24, 2.45) is 0 Å². The molecule has 20 heavy (non-hydrogen) atoms. The van der Waals surface area contributed by atoms with E-state index in [4.69, 9.17) is 9.47 Å². The Labute approximate surface area is 134 Å². The molecule has 1 aromatic carbocycles. The lowest BCUT2D eigenvalue weighted by atomic mass is 10.1. The number of nitrogens with one attached hydrogen (secondary N) is 1. The molecule has 2 aliphatic heterocycles. The van der Waals surface area contributed by atoms with Crippen LogP contribution in [0.4, 0.5) is 0 Å². The number of piperazine rings is 1. The van der Waals surface area contributed by atoms with Gasteiger partial charge in [0.05, 0.1) is 4.47 Å². The maximum atomic E-state index is 5.67. The second kappa shape index (κ2) is 6.98. The van der Waals surface area contributed by atoms with Gasteiger partial charge in [-0.1, -0.05) is 0 Å². The molecule has 4 nitrogen and oxygen atoms in total. The lowest BCUT2D eigenvalue weighted by Crippen LogP contribution is -2.48. The quantitative estimate of drug-likeness (QED) is 0.875. The first kappa shape index (κ1) is 15.9. The van der Waals surface area contributed by atoms with Gasteiger partial charge in [0, 0.05) is 32.2 Å². The van der Waals surface area contributed by atoms with Crippen LogP contribution in [0.1, 0.15) is 12.5 Å². The van der Waals surface area contributed by atoms with Crippen molar-refractivity contribution in [3.8, 4) is 11.5 Å². The minimum Gasteiger partial charge on any atom is -0.486 e. The highest BCUT2D eigenvalue weighted by atomic mass is 79.9. The predicted molar refractivity (Wildman–Crippen MR) is 85.1 cm³/mol. The Bertz CT molecular complexity index is 473. The zero-order chi connectivity index (χ0) is 13.2. The van der Waals surface area contributed by atoms with Crippen LogP contribution < -0.4 is 14.8 Å². The average Bonchev–Trinajstić information content (AvgIpc) is 2.39. The lowest BCUT2D eigenvalue weighted by Gasteiger charge is -2.32. The van der Waals surface area contributed by atoms with Crippen molar-refractivity contribution in [2.45, 2.75) is 19.5 Å². The van der Waals surface area contributed by atoms with Crippen LogP contribution in [-0.2, 0) is 6.54 Å². The lowest BCUT2D eigenvalue weighted by molar-refractivity contribution is 0.169. The van der Waals surface area contributed by atoms with Crippen molar-refractivity contribution in [2.75, 3.05) is 32.8 Å². The molecule has 0 saturated carbocycles. The first-order valence-corrected chi connectivity index (χ1v) is 7.55. The van der Waals surface area contributed by atoms with Gasteiger partial charge in [0.25, 0.3) is 0 Å². The maximum Gasteiger partial charge on any atom is 0.175 e. The van der Waals surface area contributed by atoms with E-state index in [-0.39, 0.29) is 12.4 Å². The van der Waals surface area contributed by atoms with Crippen LogP contribution in [0.3, 0.4) is 0 Å². The monoisotopic (exact) mass is 362 g/mol. The van der Waals surface area contributed by atoms with E-state index >= 15 is 0 Å². The van der Waals surface area contributed by atoms with Gasteiger partial charge < -0.3 is 14.8 Å². The standard InChI is InChI=1S/C14H19BrN2O2.ClH/c1-10-8-17(3-2-16-10)9-11-6-12(15)14-13(7-11)18-4-5-19-14;/h6-7,10,16H,2-5,8-9H2,1H3;1H. The number of rotatable bonds is 2. The molecule has 2 aliphatic rings. The Morgan fingerprint density at radius 1 is 1.35 bits per heavy atom. The van der Waals surface area contributed by atoms with E-state index in [2.05, 4.69) is 45.2 Å². The van der Waals surface area contributed by atoms with Crippen LogP contribution in [0.15, 0.2) is 16.6 Å². The average molecular weight is 364 g/mol. The van der Waals surface area contributed by atoms with Gasteiger partial charge in [0.1, 0.15) is 13.2 Å². The van der Waals surface area contributed by atoms with Crippen LogP contribution in [0.25, 0.3) is 0 Å². The van der Waals surface area contributed by atoms with Crippen LogP contribution in [-0.4, -0.2) is 43.8 Å². The van der Waals surface area contributed by atoms with Gasteiger partial charge >= 0.3 is 0 Å². The summed E-state index contributed by atoms with van der Waals surface area (Å²) in [5.41, 5.74) is 1.27. The molecule has 1 saturated heterocycles. The summed E-state index contributed by atoms with van der Waals surface area (Å²) < 4.78 is 12.3. The molecule has 2 heterocycles. The summed E-state index contributed by atoms with van der Waals surface area (Å²) in [6, 6.07) is 4.81. The Morgan fingerprint density at radius 3 is 2.95 bits per heavy atom. The molecule has 1 fully saturated rings. The van der Waals surface area contributed by atoms with Crippen molar-refractivity contribution in [1.29, 1.82) is 0 Å². The summed E-state index contributed by atoms with van der Waals surface area (Å²) in [4.78, 5) is 2.47. The van der Waals surface area contributed by atoms with E-state index in [9.17, 15) is 0 Å². The summed E-state index contributed by atoms with van der Waals surface area (Å²) in [5, 5.41) is 3.46. The highest BCUT2D eigenvalue weighted by Crippen LogP contribution is 2.38. The van der Waals surface area contributed by atoms with Gasteiger partial charge in [-0.15, -0.1) is 12.4 Å². The number of hydrogen-bond acceptors (Lipinski definition) is 4. The van der Waals surface area contributed by atoms with E-state index in [1.807, 2.05) is 0 Å². The molecule has 1 aromatic rings. The van der Waals surface area contributed by atoms with Crippen molar-refractivity contribution in [1.82, 2.24) is 10.2 Å². The molecule has 0 spiro atoms. The molecular formula is C14H20BrClN2O2. The molecule has 1 atom stereocenters. The Kier molecular flexibility index (Phi) is 5.55. The van der Waals surface area contributed by atoms with Crippen molar-refractivity contribution in [3.63, 3.8) is 0 Å². The van der Waals surface area contributed by atoms with Gasteiger partial charge in [-0.05, 0) is 40.5 Å².